The highest BCUT2D eigenvalue weighted by Crippen LogP contribution is 2.25. The van der Waals surface area contributed by atoms with Gasteiger partial charge in [-0.3, -0.25) is 9.19 Å². The zero-order chi connectivity index (χ0) is 25.0. The van der Waals surface area contributed by atoms with E-state index in [1.54, 1.807) is 42.9 Å². The Hall–Kier alpha value is -3.60. The van der Waals surface area contributed by atoms with Gasteiger partial charge in [0.2, 0.25) is 5.95 Å². The van der Waals surface area contributed by atoms with E-state index in [2.05, 4.69) is 42.4 Å². The topological polar surface area (TPSA) is 116 Å². The van der Waals surface area contributed by atoms with Crippen molar-refractivity contribution in [3.63, 3.8) is 0 Å². The van der Waals surface area contributed by atoms with E-state index in [4.69, 9.17) is 0 Å². The smallest absolute Gasteiger partial charge is 0.405 e. The van der Waals surface area contributed by atoms with Crippen molar-refractivity contribution in [2.75, 3.05) is 17.2 Å². The average molecular weight is 518 g/mol. The molecule has 3 aromatic heterocycles. The van der Waals surface area contributed by atoms with Gasteiger partial charge in [-0.15, -0.1) is 11.3 Å². The van der Waals surface area contributed by atoms with Crippen LogP contribution in [0.25, 0.3) is 11.0 Å². The van der Waals surface area contributed by atoms with E-state index in [9.17, 15) is 21.9 Å². The fraction of sp³-hybridized carbons (Fsp3) is 0.182. The molecule has 0 spiro atoms. The second kappa shape index (κ2) is 10.3. The number of nitrogens with one attached hydrogen (secondary N) is 2. The fourth-order valence-corrected chi connectivity index (χ4v) is 3.83. The number of nitrogens with zero attached hydrogens (tertiary/aromatic N) is 4. The first kappa shape index (κ1) is 24.5. The molecule has 0 aliphatic rings. The highest BCUT2D eigenvalue weighted by Gasteiger charge is 2.27. The molecular formula is C22H16F3N6O2S2-. The van der Waals surface area contributed by atoms with Gasteiger partial charge in [0, 0.05) is 4.90 Å². The third-order valence-electron chi connectivity index (χ3n) is 4.66. The van der Waals surface area contributed by atoms with E-state index in [-0.39, 0.29) is 28.2 Å². The van der Waals surface area contributed by atoms with Crippen LogP contribution in [0.1, 0.15) is 29.1 Å². The Morgan fingerprint density at radius 2 is 1.89 bits per heavy atom. The van der Waals surface area contributed by atoms with Gasteiger partial charge in [0.15, 0.2) is 5.82 Å². The van der Waals surface area contributed by atoms with Gasteiger partial charge in [0.25, 0.3) is 0 Å². The summed E-state index contributed by atoms with van der Waals surface area (Å²) in [4.78, 5) is 17.7. The standard InChI is InChI=1S/C22H17F3N6O2S2/c1-13(14-2-7-17(8-3-14)35(32)33)28-21-30-18-9-5-15(4-6-16-10-26-12-34-16)29-19(18)20(31-21)27-11-22(23,24)25/h2-3,5,7-10,12-13H,11H2,1H3,(H,32,33)(H2,27,28,30,31)/p-1. The van der Waals surface area contributed by atoms with Crippen LogP contribution in [0, 0.1) is 11.8 Å². The molecule has 4 rings (SSSR count). The van der Waals surface area contributed by atoms with Gasteiger partial charge in [-0.1, -0.05) is 12.1 Å². The molecule has 8 nitrogen and oxygen atoms in total. The van der Waals surface area contributed by atoms with Crippen LogP contribution in [0.15, 0.2) is 53.0 Å². The van der Waals surface area contributed by atoms with E-state index >= 15 is 0 Å². The fourth-order valence-electron chi connectivity index (χ4n) is 3.00. The molecule has 0 fully saturated rings. The maximum atomic E-state index is 12.9. The quantitative estimate of drug-likeness (QED) is 0.288. The van der Waals surface area contributed by atoms with E-state index in [0.29, 0.717) is 11.2 Å². The maximum absolute atomic E-state index is 12.9. The number of aromatic nitrogens is 4. The Kier molecular flexibility index (Phi) is 7.25. The summed E-state index contributed by atoms with van der Waals surface area (Å²) < 4.78 is 60.8. The molecule has 1 aromatic carbocycles. The number of hydrogen-bond donors (Lipinski definition) is 2. The van der Waals surface area contributed by atoms with Crippen LogP contribution in [-0.4, -0.2) is 41.4 Å². The van der Waals surface area contributed by atoms with Crippen molar-refractivity contribution in [1.29, 1.82) is 0 Å². The minimum Gasteiger partial charge on any atom is -0.768 e. The molecule has 3 heterocycles. The Bertz CT molecular complexity index is 1420. The van der Waals surface area contributed by atoms with Gasteiger partial charge in [0.1, 0.15) is 17.8 Å². The molecule has 0 aliphatic carbocycles. The lowest BCUT2D eigenvalue weighted by molar-refractivity contribution is -0.115. The Labute approximate surface area is 204 Å². The molecule has 0 amide bonds. The minimum atomic E-state index is -4.47. The first-order valence-corrected chi connectivity index (χ1v) is 12.0. The summed E-state index contributed by atoms with van der Waals surface area (Å²) in [7, 11) is 0. The van der Waals surface area contributed by atoms with Gasteiger partial charge in [-0.25, -0.2) is 9.97 Å². The summed E-state index contributed by atoms with van der Waals surface area (Å²) >= 11 is -0.990. The lowest BCUT2D eigenvalue weighted by atomic mass is 10.1. The van der Waals surface area contributed by atoms with Crippen LogP contribution >= 0.6 is 11.3 Å². The van der Waals surface area contributed by atoms with Crippen LogP contribution in [0.2, 0.25) is 0 Å². The number of anilines is 2. The van der Waals surface area contributed by atoms with Crippen molar-refractivity contribution in [2.45, 2.75) is 24.0 Å². The summed E-state index contributed by atoms with van der Waals surface area (Å²) in [6.07, 6.45) is -2.87. The molecule has 2 unspecified atom stereocenters. The Morgan fingerprint density at radius 1 is 1.11 bits per heavy atom. The number of hydrogen-bond acceptors (Lipinski definition) is 9. The largest absolute Gasteiger partial charge is 0.768 e. The van der Waals surface area contributed by atoms with E-state index in [1.165, 1.54) is 23.5 Å². The number of thiazole rings is 1. The van der Waals surface area contributed by atoms with Crippen molar-refractivity contribution in [2.24, 2.45) is 0 Å². The van der Waals surface area contributed by atoms with E-state index < -0.39 is 23.8 Å². The van der Waals surface area contributed by atoms with Gasteiger partial charge in [-0.05, 0) is 59.7 Å². The number of rotatable bonds is 6. The predicted molar refractivity (Wildman–Crippen MR) is 126 cm³/mol. The zero-order valence-electron chi connectivity index (χ0n) is 18.0. The molecule has 0 radical (unpaired) electrons. The van der Waals surface area contributed by atoms with Crippen molar-refractivity contribution in [1.82, 2.24) is 19.9 Å². The normalized spacial score (nSPS) is 13.1. The maximum Gasteiger partial charge on any atom is 0.405 e. The SMILES string of the molecule is CC(Nc1nc(NCC(F)(F)F)c2nc(C#Cc3cncs3)ccc2n1)c1ccc(S(=O)[O-])cc1. The van der Waals surface area contributed by atoms with Gasteiger partial charge in [0.05, 0.1) is 28.1 Å². The number of pyridine rings is 1. The molecule has 0 bridgehead atoms. The molecule has 0 aliphatic heterocycles. The molecule has 2 N–H and O–H groups in total. The molecule has 35 heavy (non-hydrogen) atoms. The van der Waals surface area contributed by atoms with Crippen LogP contribution in [-0.2, 0) is 11.1 Å². The molecular weight excluding hydrogens is 501 g/mol. The Balaban J connectivity index is 1.65. The third kappa shape index (κ3) is 6.50. The van der Waals surface area contributed by atoms with E-state index in [1.807, 2.05) is 0 Å². The molecule has 180 valence electrons. The summed E-state index contributed by atoms with van der Waals surface area (Å²) in [6, 6.07) is 9.01. The monoisotopic (exact) mass is 517 g/mol. The summed E-state index contributed by atoms with van der Waals surface area (Å²) in [5.74, 6) is 5.75. The van der Waals surface area contributed by atoms with Crippen molar-refractivity contribution in [3.8, 4) is 11.8 Å². The van der Waals surface area contributed by atoms with Crippen molar-refractivity contribution < 1.29 is 21.9 Å². The lowest BCUT2D eigenvalue weighted by Crippen LogP contribution is -2.22. The van der Waals surface area contributed by atoms with Gasteiger partial charge in [-0.2, -0.15) is 18.2 Å². The molecule has 0 saturated heterocycles. The van der Waals surface area contributed by atoms with Crippen molar-refractivity contribution >= 4 is 45.2 Å². The molecule has 0 saturated carbocycles. The Morgan fingerprint density at radius 3 is 2.54 bits per heavy atom. The van der Waals surface area contributed by atoms with E-state index in [0.717, 1.165) is 10.4 Å². The summed E-state index contributed by atoms with van der Waals surface area (Å²) in [5, 5.41) is 5.33. The van der Waals surface area contributed by atoms with Crippen LogP contribution in [0.5, 0.6) is 0 Å². The molecule has 13 heteroatoms. The lowest BCUT2D eigenvalue weighted by Gasteiger charge is -2.17. The number of alkyl halides is 3. The first-order chi connectivity index (χ1) is 16.7. The van der Waals surface area contributed by atoms with Crippen LogP contribution in [0.3, 0.4) is 0 Å². The second-order valence-electron chi connectivity index (χ2n) is 7.21. The third-order valence-corrected chi connectivity index (χ3v) is 6.01. The minimum absolute atomic E-state index is 0.0800. The van der Waals surface area contributed by atoms with Gasteiger partial charge < -0.3 is 15.2 Å². The summed E-state index contributed by atoms with van der Waals surface area (Å²) in [6.45, 7) is 0.482. The number of halogens is 3. The number of benzene rings is 1. The second-order valence-corrected chi connectivity index (χ2v) is 9.04. The zero-order valence-corrected chi connectivity index (χ0v) is 19.6. The molecule has 4 aromatic rings. The van der Waals surface area contributed by atoms with Gasteiger partial charge >= 0.3 is 6.18 Å². The van der Waals surface area contributed by atoms with Crippen LogP contribution in [0.4, 0.5) is 24.9 Å². The van der Waals surface area contributed by atoms with Crippen LogP contribution < -0.4 is 10.6 Å². The number of fused-ring (bicyclic) bond motifs is 1. The predicted octanol–water partition coefficient (Wildman–Crippen LogP) is 4.27. The van der Waals surface area contributed by atoms with Crippen molar-refractivity contribution in [3.05, 3.63) is 64.2 Å². The highest BCUT2D eigenvalue weighted by molar-refractivity contribution is 7.79. The highest BCUT2D eigenvalue weighted by atomic mass is 32.2. The molecule has 2 atom stereocenters. The first-order valence-electron chi connectivity index (χ1n) is 10.0. The average Bonchev–Trinajstić information content (AvgIpc) is 3.34. The summed E-state index contributed by atoms with van der Waals surface area (Å²) in [5.41, 5.74) is 3.18.